The molecule has 8 heteroatoms. The Labute approximate surface area is 197 Å². The molecule has 0 aliphatic carbocycles. The van der Waals surface area contributed by atoms with Crippen LogP contribution < -0.4 is 9.47 Å². The van der Waals surface area contributed by atoms with Crippen LogP contribution in [0.3, 0.4) is 0 Å². The number of benzene rings is 2. The Balaban J connectivity index is 1.83. The van der Waals surface area contributed by atoms with Gasteiger partial charge < -0.3 is 24.2 Å². The van der Waals surface area contributed by atoms with Crippen LogP contribution >= 0.6 is 11.6 Å². The number of amides is 1. The summed E-state index contributed by atoms with van der Waals surface area (Å²) in [6.07, 6.45) is 1.55. The number of Topliss-reactive ketones (excluding diaryl/α,β-unsaturated/α-hetero) is 1. The fraction of sp³-hybridized carbons (Fsp3) is 0.360. The summed E-state index contributed by atoms with van der Waals surface area (Å²) in [5, 5.41) is 11.6. The first-order valence-corrected chi connectivity index (χ1v) is 11.3. The van der Waals surface area contributed by atoms with Gasteiger partial charge in [0, 0.05) is 23.7 Å². The first-order valence-electron chi connectivity index (χ1n) is 10.9. The summed E-state index contributed by atoms with van der Waals surface area (Å²) in [6.45, 7) is 3.21. The van der Waals surface area contributed by atoms with Crippen molar-refractivity contribution < 1.29 is 28.9 Å². The van der Waals surface area contributed by atoms with Gasteiger partial charge in [-0.3, -0.25) is 9.59 Å². The van der Waals surface area contributed by atoms with Crippen molar-refractivity contribution in [2.24, 2.45) is 0 Å². The molecule has 1 amide bonds. The van der Waals surface area contributed by atoms with E-state index in [4.69, 9.17) is 25.8 Å². The van der Waals surface area contributed by atoms with Crippen molar-refractivity contribution in [1.29, 1.82) is 0 Å². The quantitative estimate of drug-likeness (QED) is 0.367. The SMILES string of the molecule is CCOc1ccc(C2C(=C(O)c3ccc(Cl)cc3)C(=O)C(=O)N2CC2CCCO2)cc1OC. The number of rotatable bonds is 7. The van der Waals surface area contributed by atoms with E-state index < -0.39 is 17.7 Å². The van der Waals surface area contributed by atoms with E-state index >= 15 is 0 Å². The van der Waals surface area contributed by atoms with Crippen molar-refractivity contribution in [3.63, 3.8) is 0 Å². The molecule has 0 aromatic heterocycles. The van der Waals surface area contributed by atoms with Gasteiger partial charge in [0.1, 0.15) is 5.76 Å². The first kappa shape index (κ1) is 23.1. The average Bonchev–Trinajstić information content (AvgIpc) is 3.42. The van der Waals surface area contributed by atoms with Gasteiger partial charge in [-0.05, 0) is 61.7 Å². The van der Waals surface area contributed by atoms with Crippen molar-refractivity contribution in [3.8, 4) is 11.5 Å². The molecule has 0 bridgehead atoms. The molecular weight excluding hydrogens is 446 g/mol. The van der Waals surface area contributed by atoms with Gasteiger partial charge in [-0.15, -0.1) is 0 Å². The predicted molar refractivity (Wildman–Crippen MR) is 124 cm³/mol. The lowest BCUT2D eigenvalue weighted by Gasteiger charge is -2.28. The third-order valence-electron chi connectivity index (χ3n) is 5.89. The second kappa shape index (κ2) is 9.85. The van der Waals surface area contributed by atoms with E-state index in [-0.39, 0.29) is 24.0 Å². The maximum absolute atomic E-state index is 13.1. The van der Waals surface area contributed by atoms with Crippen LogP contribution in [0.1, 0.15) is 36.9 Å². The molecule has 2 aliphatic rings. The number of ether oxygens (including phenoxy) is 3. The van der Waals surface area contributed by atoms with Crippen molar-refractivity contribution in [2.45, 2.75) is 31.9 Å². The number of aliphatic hydroxyl groups is 1. The number of likely N-dealkylation sites (tertiary alicyclic amines) is 1. The molecular formula is C25H26ClNO6. The van der Waals surface area contributed by atoms with Crippen LogP contribution in [0.5, 0.6) is 11.5 Å². The largest absolute Gasteiger partial charge is 0.507 e. The Kier molecular flexibility index (Phi) is 6.91. The lowest BCUT2D eigenvalue weighted by molar-refractivity contribution is -0.140. The Morgan fingerprint density at radius 3 is 2.58 bits per heavy atom. The highest BCUT2D eigenvalue weighted by molar-refractivity contribution is 6.46. The van der Waals surface area contributed by atoms with Crippen LogP contribution in [0, 0.1) is 0 Å². The fourth-order valence-electron chi connectivity index (χ4n) is 4.31. The zero-order valence-electron chi connectivity index (χ0n) is 18.5. The lowest BCUT2D eigenvalue weighted by Crippen LogP contribution is -2.36. The van der Waals surface area contributed by atoms with Crippen molar-refractivity contribution in [3.05, 3.63) is 64.2 Å². The minimum absolute atomic E-state index is 0.0199. The van der Waals surface area contributed by atoms with Gasteiger partial charge in [-0.2, -0.15) is 0 Å². The van der Waals surface area contributed by atoms with Crippen LogP contribution in [0.4, 0.5) is 0 Å². The molecule has 2 unspecified atom stereocenters. The summed E-state index contributed by atoms with van der Waals surface area (Å²) in [5.74, 6) is -0.629. The molecule has 33 heavy (non-hydrogen) atoms. The van der Waals surface area contributed by atoms with Crippen LogP contribution in [-0.4, -0.2) is 54.7 Å². The molecule has 4 rings (SSSR count). The Bertz CT molecular complexity index is 1070. The van der Waals surface area contributed by atoms with Gasteiger partial charge in [0.05, 0.1) is 31.4 Å². The number of aliphatic hydroxyl groups excluding tert-OH is 1. The van der Waals surface area contributed by atoms with E-state index in [0.29, 0.717) is 40.9 Å². The number of hydrogen-bond donors (Lipinski definition) is 1. The van der Waals surface area contributed by atoms with Gasteiger partial charge in [0.15, 0.2) is 11.5 Å². The van der Waals surface area contributed by atoms with Crippen LogP contribution in [0.2, 0.25) is 5.02 Å². The summed E-state index contributed by atoms with van der Waals surface area (Å²) in [6, 6.07) is 10.9. The minimum Gasteiger partial charge on any atom is -0.507 e. The number of carbonyl (C=O) groups excluding carboxylic acids is 2. The van der Waals surface area contributed by atoms with Gasteiger partial charge in [0.25, 0.3) is 11.7 Å². The smallest absolute Gasteiger partial charge is 0.295 e. The number of halogens is 1. The van der Waals surface area contributed by atoms with Crippen molar-refractivity contribution in [1.82, 2.24) is 4.90 Å². The van der Waals surface area contributed by atoms with E-state index in [1.807, 2.05) is 6.92 Å². The zero-order chi connectivity index (χ0) is 23.5. The molecule has 2 atom stereocenters. The molecule has 0 spiro atoms. The third-order valence-corrected chi connectivity index (χ3v) is 6.14. The highest BCUT2D eigenvalue weighted by Crippen LogP contribution is 2.42. The molecule has 0 radical (unpaired) electrons. The van der Waals surface area contributed by atoms with Gasteiger partial charge in [-0.1, -0.05) is 17.7 Å². The number of carbonyl (C=O) groups is 2. The first-order chi connectivity index (χ1) is 15.9. The summed E-state index contributed by atoms with van der Waals surface area (Å²) >= 11 is 5.98. The molecule has 1 N–H and O–H groups in total. The third kappa shape index (κ3) is 4.56. The van der Waals surface area contributed by atoms with Gasteiger partial charge >= 0.3 is 0 Å². The lowest BCUT2D eigenvalue weighted by atomic mass is 9.95. The molecule has 2 heterocycles. The number of nitrogens with zero attached hydrogens (tertiary/aromatic N) is 1. The normalized spacial score (nSPS) is 22.1. The second-order valence-corrected chi connectivity index (χ2v) is 8.37. The van der Waals surface area contributed by atoms with Crippen molar-refractivity contribution >= 4 is 29.1 Å². The minimum atomic E-state index is -0.797. The Hall–Kier alpha value is -3.03. The van der Waals surface area contributed by atoms with Crippen molar-refractivity contribution in [2.75, 3.05) is 26.9 Å². The maximum atomic E-state index is 13.1. The topological polar surface area (TPSA) is 85.3 Å². The maximum Gasteiger partial charge on any atom is 0.295 e. The summed E-state index contributed by atoms with van der Waals surface area (Å²) < 4.78 is 16.8. The molecule has 2 aliphatic heterocycles. The van der Waals surface area contributed by atoms with E-state index in [9.17, 15) is 14.7 Å². The molecule has 2 fully saturated rings. The number of hydrogen-bond acceptors (Lipinski definition) is 6. The summed E-state index contributed by atoms with van der Waals surface area (Å²) in [7, 11) is 1.53. The number of methoxy groups -OCH3 is 1. The molecule has 174 valence electrons. The monoisotopic (exact) mass is 471 g/mol. The standard InChI is InChI=1S/C25H26ClNO6/c1-3-32-19-11-8-16(13-20(19)31-2)22-21(23(28)15-6-9-17(26)10-7-15)24(29)25(30)27(22)14-18-5-4-12-33-18/h6-11,13,18,22,28H,3-5,12,14H2,1-2H3. The van der Waals surface area contributed by atoms with Crippen LogP contribution in [-0.2, 0) is 14.3 Å². The van der Waals surface area contributed by atoms with E-state index in [1.165, 1.54) is 12.0 Å². The molecule has 7 nitrogen and oxygen atoms in total. The highest BCUT2D eigenvalue weighted by Gasteiger charge is 2.47. The predicted octanol–water partition coefficient (Wildman–Crippen LogP) is 4.35. The Morgan fingerprint density at radius 2 is 1.94 bits per heavy atom. The van der Waals surface area contributed by atoms with E-state index in [1.54, 1.807) is 42.5 Å². The van der Waals surface area contributed by atoms with Gasteiger partial charge in [0.2, 0.25) is 0 Å². The molecule has 2 saturated heterocycles. The molecule has 2 aromatic carbocycles. The zero-order valence-corrected chi connectivity index (χ0v) is 19.3. The molecule has 0 saturated carbocycles. The Morgan fingerprint density at radius 1 is 1.18 bits per heavy atom. The van der Waals surface area contributed by atoms with E-state index in [2.05, 4.69) is 0 Å². The average molecular weight is 472 g/mol. The van der Waals surface area contributed by atoms with Crippen LogP contribution in [0.15, 0.2) is 48.0 Å². The number of ketones is 1. The summed E-state index contributed by atoms with van der Waals surface area (Å²) in [5.41, 5.74) is 1.05. The van der Waals surface area contributed by atoms with Gasteiger partial charge in [-0.25, -0.2) is 0 Å². The highest BCUT2D eigenvalue weighted by atomic mass is 35.5. The fourth-order valence-corrected chi connectivity index (χ4v) is 4.44. The second-order valence-electron chi connectivity index (χ2n) is 7.94. The van der Waals surface area contributed by atoms with E-state index in [0.717, 1.165) is 12.8 Å². The molecule has 2 aromatic rings. The summed E-state index contributed by atoms with van der Waals surface area (Å²) in [4.78, 5) is 27.7. The van der Waals surface area contributed by atoms with Crippen LogP contribution in [0.25, 0.3) is 5.76 Å².